The van der Waals surface area contributed by atoms with Crippen LogP contribution >= 0.6 is 0 Å². The van der Waals surface area contributed by atoms with Crippen molar-refractivity contribution >= 4 is 22.7 Å². The van der Waals surface area contributed by atoms with E-state index in [-0.39, 0.29) is 17.7 Å². The largest absolute Gasteiger partial charge is 0.351 e. The Hall–Kier alpha value is -3.16. The van der Waals surface area contributed by atoms with Crippen LogP contribution in [0.15, 0.2) is 30.3 Å². The van der Waals surface area contributed by atoms with Gasteiger partial charge in [0.2, 0.25) is 0 Å². The number of likely N-dealkylation sites (tertiary alicyclic amines) is 1. The van der Waals surface area contributed by atoms with E-state index in [0.717, 1.165) is 42.4 Å². The highest BCUT2D eigenvalue weighted by Gasteiger charge is 2.29. The smallest absolute Gasteiger partial charge is 0.274 e. The van der Waals surface area contributed by atoms with Gasteiger partial charge in [-0.3, -0.25) is 19.4 Å². The molecule has 0 aliphatic carbocycles. The Kier molecular flexibility index (Phi) is 4.11. The minimum atomic E-state index is -0.0470. The van der Waals surface area contributed by atoms with E-state index in [4.69, 9.17) is 0 Å². The third-order valence-corrected chi connectivity index (χ3v) is 5.74. The molecule has 0 saturated carbocycles. The molecule has 2 amide bonds. The molecular weight excluding hydrogens is 356 g/mol. The molecule has 0 bridgehead atoms. The van der Waals surface area contributed by atoms with Gasteiger partial charge in [0.15, 0.2) is 5.69 Å². The molecule has 4 heterocycles. The lowest BCUT2D eigenvalue weighted by atomic mass is 9.93. The number of nitrogens with zero attached hydrogens (tertiary/aromatic N) is 4. The second kappa shape index (κ2) is 6.78. The fourth-order valence-electron chi connectivity index (χ4n) is 4.17. The Morgan fingerprint density at radius 2 is 1.96 bits per heavy atom. The molecular formula is C20H22N6O2. The van der Waals surface area contributed by atoms with Crippen molar-refractivity contribution < 1.29 is 9.59 Å². The molecule has 0 spiro atoms. The predicted molar refractivity (Wildman–Crippen MR) is 103 cm³/mol. The van der Waals surface area contributed by atoms with Crippen LogP contribution in [0.2, 0.25) is 0 Å². The average molecular weight is 378 g/mol. The van der Waals surface area contributed by atoms with Gasteiger partial charge in [0.05, 0.1) is 11.2 Å². The third-order valence-electron chi connectivity index (χ3n) is 5.74. The monoisotopic (exact) mass is 378 g/mol. The number of rotatable bonds is 2. The number of carbonyl (C=O) groups is 2. The van der Waals surface area contributed by atoms with Crippen LogP contribution in [0, 0.1) is 0 Å². The van der Waals surface area contributed by atoms with Crippen LogP contribution in [0.1, 0.15) is 51.9 Å². The van der Waals surface area contributed by atoms with Crippen LogP contribution in [-0.2, 0) is 6.54 Å². The summed E-state index contributed by atoms with van der Waals surface area (Å²) >= 11 is 0. The van der Waals surface area contributed by atoms with E-state index in [1.165, 1.54) is 0 Å². The normalized spacial score (nSPS) is 18.0. The first-order valence-electron chi connectivity index (χ1n) is 9.79. The number of hydrogen-bond acceptors (Lipinski definition) is 4. The fourth-order valence-corrected chi connectivity index (χ4v) is 4.17. The zero-order valence-electron chi connectivity index (χ0n) is 15.5. The van der Waals surface area contributed by atoms with Crippen molar-refractivity contribution in [2.45, 2.75) is 31.7 Å². The van der Waals surface area contributed by atoms with E-state index >= 15 is 0 Å². The van der Waals surface area contributed by atoms with E-state index in [9.17, 15) is 9.59 Å². The summed E-state index contributed by atoms with van der Waals surface area (Å²) in [7, 11) is 0. The summed E-state index contributed by atoms with van der Waals surface area (Å²) in [5, 5.41) is 15.6. The summed E-state index contributed by atoms with van der Waals surface area (Å²) in [5.41, 5.74) is 2.97. The molecule has 0 radical (unpaired) electrons. The van der Waals surface area contributed by atoms with E-state index in [0.29, 0.717) is 31.0 Å². The molecule has 8 heteroatoms. The van der Waals surface area contributed by atoms with Gasteiger partial charge in [-0.15, -0.1) is 0 Å². The van der Waals surface area contributed by atoms with Crippen molar-refractivity contribution in [1.82, 2.24) is 30.2 Å². The van der Waals surface area contributed by atoms with Crippen molar-refractivity contribution in [3.8, 4) is 0 Å². The molecule has 1 fully saturated rings. The Balaban J connectivity index is 1.30. The number of benzene rings is 1. The quantitative estimate of drug-likeness (QED) is 0.712. The SMILES string of the molecule is O=C1NCCCn2nc(C3CCN(C(=O)c4n[nH]c5ccccc45)CC3)cc21. The van der Waals surface area contributed by atoms with Crippen molar-refractivity contribution in [2.75, 3.05) is 19.6 Å². The van der Waals surface area contributed by atoms with Crippen molar-refractivity contribution in [3.05, 3.63) is 47.4 Å². The lowest BCUT2D eigenvalue weighted by molar-refractivity contribution is 0.0707. The Labute approximate surface area is 161 Å². The second-order valence-electron chi connectivity index (χ2n) is 7.47. The zero-order valence-corrected chi connectivity index (χ0v) is 15.5. The van der Waals surface area contributed by atoms with Gasteiger partial charge in [-0.1, -0.05) is 18.2 Å². The van der Waals surface area contributed by atoms with E-state index in [2.05, 4.69) is 20.6 Å². The third kappa shape index (κ3) is 2.85. The maximum atomic E-state index is 12.9. The van der Waals surface area contributed by atoms with Crippen LogP contribution in [0.4, 0.5) is 0 Å². The van der Waals surface area contributed by atoms with E-state index in [1.807, 2.05) is 39.9 Å². The summed E-state index contributed by atoms with van der Waals surface area (Å²) in [5.74, 6) is 0.192. The van der Waals surface area contributed by atoms with Gasteiger partial charge >= 0.3 is 0 Å². The number of carbonyl (C=O) groups excluding carboxylic acids is 2. The highest BCUT2D eigenvalue weighted by molar-refractivity contribution is 6.04. The minimum absolute atomic E-state index is 0.0316. The van der Waals surface area contributed by atoms with E-state index < -0.39 is 0 Å². The second-order valence-corrected chi connectivity index (χ2v) is 7.47. The fraction of sp³-hybridized carbons (Fsp3) is 0.400. The number of para-hydroxylation sites is 1. The molecule has 1 aromatic carbocycles. The van der Waals surface area contributed by atoms with Crippen LogP contribution < -0.4 is 5.32 Å². The van der Waals surface area contributed by atoms with Gasteiger partial charge in [0.1, 0.15) is 5.69 Å². The molecule has 3 aromatic rings. The van der Waals surface area contributed by atoms with Gasteiger partial charge in [0.25, 0.3) is 11.8 Å². The molecule has 8 nitrogen and oxygen atoms in total. The number of aryl methyl sites for hydroxylation is 1. The first kappa shape index (κ1) is 17.0. The van der Waals surface area contributed by atoms with Gasteiger partial charge in [-0.05, 0) is 31.4 Å². The first-order valence-corrected chi connectivity index (χ1v) is 9.79. The summed E-state index contributed by atoms with van der Waals surface area (Å²) in [6.45, 7) is 2.79. The van der Waals surface area contributed by atoms with Crippen LogP contribution in [0.3, 0.4) is 0 Å². The summed E-state index contributed by atoms with van der Waals surface area (Å²) in [6.07, 6.45) is 2.57. The molecule has 28 heavy (non-hydrogen) atoms. The number of hydrogen-bond donors (Lipinski definition) is 2. The Morgan fingerprint density at radius 3 is 2.82 bits per heavy atom. The molecule has 2 aliphatic rings. The lowest BCUT2D eigenvalue weighted by Crippen LogP contribution is -2.38. The van der Waals surface area contributed by atoms with Gasteiger partial charge < -0.3 is 10.2 Å². The van der Waals surface area contributed by atoms with E-state index in [1.54, 1.807) is 0 Å². The predicted octanol–water partition coefficient (Wildman–Crippen LogP) is 1.91. The molecule has 144 valence electrons. The number of aromatic amines is 1. The molecule has 1 saturated heterocycles. The number of H-pyrrole nitrogens is 1. The standard InChI is InChI=1S/C20H22N6O2/c27-19-17-12-16(24-26(17)9-3-8-21-19)13-6-10-25(11-7-13)20(28)18-14-4-1-2-5-15(14)22-23-18/h1-2,4-5,12-13H,3,6-11H2,(H,21,27)(H,22,23). The highest BCUT2D eigenvalue weighted by Crippen LogP contribution is 2.29. The summed E-state index contributed by atoms with van der Waals surface area (Å²) in [4.78, 5) is 26.9. The van der Waals surface area contributed by atoms with Crippen molar-refractivity contribution in [1.29, 1.82) is 0 Å². The van der Waals surface area contributed by atoms with Crippen molar-refractivity contribution in [2.24, 2.45) is 0 Å². The zero-order chi connectivity index (χ0) is 19.1. The minimum Gasteiger partial charge on any atom is -0.351 e. The molecule has 0 atom stereocenters. The van der Waals surface area contributed by atoms with Crippen LogP contribution in [0.25, 0.3) is 10.9 Å². The van der Waals surface area contributed by atoms with Crippen molar-refractivity contribution in [3.63, 3.8) is 0 Å². The maximum Gasteiger partial charge on any atom is 0.274 e. The van der Waals surface area contributed by atoms with Crippen LogP contribution in [0.5, 0.6) is 0 Å². The Morgan fingerprint density at radius 1 is 1.14 bits per heavy atom. The molecule has 2 aliphatic heterocycles. The number of aromatic nitrogens is 4. The molecule has 5 rings (SSSR count). The average Bonchev–Trinajstić information content (AvgIpc) is 3.31. The molecule has 0 unspecified atom stereocenters. The van der Waals surface area contributed by atoms with Gasteiger partial charge in [0, 0.05) is 37.5 Å². The summed E-state index contributed by atoms with van der Waals surface area (Å²) < 4.78 is 1.82. The van der Waals surface area contributed by atoms with Gasteiger partial charge in [-0.2, -0.15) is 10.2 Å². The summed E-state index contributed by atoms with van der Waals surface area (Å²) in [6, 6.07) is 9.60. The van der Waals surface area contributed by atoms with Gasteiger partial charge in [-0.25, -0.2) is 0 Å². The first-order chi connectivity index (χ1) is 13.7. The number of amides is 2. The highest BCUT2D eigenvalue weighted by atomic mass is 16.2. The lowest BCUT2D eigenvalue weighted by Gasteiger charge is -2.30. The molecule has 2 aromatic heterocycles. The van der Waals surface area contributed by atoms with Crippen LogP contribution in [-0.4, -0.2) is 56.3 Å². The Bertz CT molecular complexity index is 1040. The molecule has 2 N–H and O–H groups in total. The topological polar surface area (TPSA) is 95.9 Å². The maximum absolute atomic E-state index is 12.9. The number of piperidine rings is 1. The number of nitrogens with one attached hydrogen (secondary N) is 2. The number of fused-ring (bicyclic) bond motifs is 2.